The van der Waals surface area contributed by atoms with Gasteiger partial charge in [0.15, 0.2) is 0 Å². The average molecular weight is 386 g/mol. The van der Waals surface area contributed by atoms with E-state index in [0.717, 1.165) is 42.5 Å². The molecular formula is C22H24ClNO3. The molecule has 0 saturated heterocycles. The Kier molecular flexibility index (Phi) is 4.87. The normalized spacial score (nSPS) is 21.6. The zero-order valence-electron chi connectivity index (χ0n) is 15.7. The summed E-state index contributed by atoms with van der Waals surface area (Å²) < 4.78 is 5.27. The quantitative estimate of drug-likeness (QED) is 0.789. The maximum atomic E-state index is 12.5. The molecule has 0 fully saturated rings. The highest BCUT2D eigenvalue weighted by Gasteiger charge is 2.38. The van der Waals surface area contributed by atoms with E-state index in [9.17, 15) is 9.90 Å². The third-order valence-corrected chi connectivity index (χ3v) is 6.26. The molecule has 2 unspecified atom stereocenters. The summed E-state index contributed by atoms with van der Waals surface area (Å²) >= 11 is 6.19. The number of benzene rings is 2. The summed E-state index contributed by atoms with van der Waals surface area (Å²) in [5.74, 6) is -0.0323. The zero-order valence-corrected chi connectivity index (χ0v) is 16.4. The van der Waals surface area contributed by atoms with Crippen molar-refractivity contribution in [3.63, 3.8) is 0 Å². The number of aromatic hydroxyl groups is 1. The summed E-state index contributed by atoms with van der Waals surface area (Å²) in [6.45, 7) is 3.14. The van der Waals surface area contributed by atoms with Crippen molar-refractivity contribution in [2.24, 2.45) is 0 Å². The second-order valence-corrected chi connectivity index (χ2v) is 7.82. The maximum Gasteiger partial charge on any atom is 0.338 e. The van der Waals surface area contributed by atoms with E-state index in [2.05, 4.69) is 18.0 Å². The topological polar surface area (TPSA) is 49.8 Å². The zero-order chi connectivity index (χ0) is 19.1. The Morgan fingerprint density at radius 1 is 1.30 bits per heavy atom. The minimum Gasteiger partial charge on any atom is -0.506 e. The number of nitrogens with zero attached hydrogens (tertiary/aromatic N) is 1. The Morgan fingerprint density at radius 2 is 2.11 bits per heavy atom. The maximum absolute atomic E-state index is 12.5. The predicted octanol–water partition coefficient (Wildman–Crippen LogP) is 4.16. The van der Waals surface area contributed by atoms with Gasteiger partial charge in [-0.3, -0.25) is 0 Å². The van der Waals surface area contributed by atoms with Crippen LogP contribution in [-0.4, -0.2) is 42.2 Å². The van der Waals surface area contributed by atoms with Crippen LogP contribution in [0.15, 0.2) is 30.3 Å². The van der Waals surface area contributed by atoms with E-state index in [1.54, 1.807) is 0 Å². The van der Waals surface area contributed by atoms with Crippen molar-refractivity contribution in [3.8, 4) is 5.75 Å². The van der Waals surface area contributed by atoms with E-state index in [-0.39, 0.29) is 17.6 Å². The van der Waals surface area contributed by atoms with Crippen LogP contribution in [0.4, 0.5) is 0 Å². The number of fused-ring (bicyclic) bond motifs is 5. The van der Waals surface area contributed by atoms with Crippen LogP contribution in [0.2, 0.25) is 5.02 Å². The van der Waals surface area contributed by atoms with Gasteiger partial charge >= 0.3 is 5.97 Å². The molecular weight excluding hydrogens is 362 g/mol. The summed E-state index contributed by atoms with van der Waals surface area (Å²) in [6, 6.07) is 9.96. The van der Waals surface area contributed by atoms with E-state index in [4.69, 9.17) is 16.3 Å². The monoisotopic (exact) mass is 385 g/mol. The largest absolute Gasteiger partial charge is 0.506 e. The molecule has 4 rings (SSSR count). The Hall–Kier alpha value is -2.04. The number of carbonyl (C=O) groups is 1. The molecule has 4 nitrogen and oxygen atoms in total. The number of hydrogen-bond donors (Lipinski definition) is 1. The van der Waals surface area contributed by atoms with E-state index < -0.39 is 0 Å². The Morgan fingerprint density at radius 3 is 2.89 bits per heavy atom. The van der Waals surface area contributed by atoms with Crippen LogP contribution in [0.25, 0.3) is 0 Å². The first-order chi connectivity index (χ1) is 13.0. The third kappa shape index (κ3) is 3.11. The summed E-state index contributed by atoms with van der Waals surface area (Å²) in [4.78, 5) is 14.9. The number of carbonyl (C=O) groups excluding carboxylic acids is 1. The molecule has 0 saturated carbocycles. The van der Waals surface area contributed by atoms with Crippen molar-refractivity contribution in [3.05, 3.63) is 63.2 Å². The highest BCUT2D eigenvalue weighted by molar-refractivity contribution is 6.32. The van der Waals surface area contributed by atoms with Crippen molar-refractivity contribution in [2.75, 3.05) is 20.2 Å². The van der Waals surface area contributed by atoms with Gasteiger partial charge in [0.05, 0.1) is 17.2 Å². The van der Waals surface area contributed by atoms with Crippen molar-refractivity contribution in [1.82, 2.24) is 4.90 Å². The van der Waals surface area contributed by atoms with Gasteiger partial charge in [-0.2, -0.15) is 0 Å². The molecule has 0 amide bonds. The molecule has 1 heterocycles. The molecule has 0 spiro atoms. The summed E-state index contributed by atoms with van der Waals surface area (Å²) in [5.41, 5.74) is 5.19. The first-order valence-electron chi connectivity index (χ1n) is 9.51. The van der Waals surface area contributed by atoms with Crippen LogP contribution in [0.3, 0.4) is 0 Å². The number of hydrogen-bond acceptors (Lipinski definition) is 4. The summed E-state index contributed by atoms with van der Waals surface area (Å²) in [5, 5.41) is 10.7. The molecule has 2 aliphatic rings. The van der Waals surface area contributed by atoms with Crippen LogP contribution >= 0.6 is 11.6 Å². The van der Waals surface area contributed by atoms with Gasteiger partial charge < -0.3 is 14.7 Å². The SMILES string of the molecule is CCOC(=O)c1cccc2c1CCC1C2c2cc(O)c(Cl)cc2CCN1C. The van der Waals surface area contributed by atoms with E-state index in [1.807, 2.05) is 31.2 Å². The van der Waals surface area contributed by atoms with Crippen LogP contribution in [0.1, 0.15) is 51.9 Å². The van der Waals surface area contributed by atoms with Gasteiger partial charge in [-0.05, 0) is 73.7 Å². The van der Waals surface area contributed by atoms with Crippen LogP contribution < -0.4 is 0 Å². The smallest absolute Gasteiger partial charge is 0.338 e. The number of ether oxygens (including phenoxy) is 1. The molecule has 1 N–H and O–H groups in total. The lowest BCUT2D eigenvalue weighted by molar-refractivity contribution is 0.0524. The second kappa shape index (κ2) is 7.17. The highest BCUT2D eigenvalue weighted by atomic mass is 35.5. The van der Waals surface area contributed by atoms with Gasteiger partial charge in [0.25, 0.3) is 0 Å². The first-order valence-corrected chi connectivity index (χ1v) is 9.89. The molecule has 2 atom stereocenters. The number of phenolic OH excluding ortho intramolecular Hbond substituents is 1. The van der Waals surface area contributed by atoms with Gasteiger partial charge in [0.2, 0.25) is 0 Å². The number of likely N-dealkylation sites (N-methyl/N-ethyl adjacent to an activating group) is 1. The van der Waals surface area contributed by atoms with E-state index in [0.29, 0.717) is 23.2 Å². The number of rotatable bonds is 2. The summed E-state index contributed by atoms with van der Waals surface area (Å²) in [7, 11) is 2.16. The van der Waals surface area contributed by atoms with Crippen molar-refractivity contribution in [1.29, 1.82) is 0 Å². The fourth-order valence-electron chi connectivity index (χ4n) is 4.68. The lowest BCUT2D eigenvalue weighted by Gasteiger charge is -2.38. The fraction of sp³-hybridized carbons (Fsp3) is 0.409. The fourth-order valence-corrected chi connectivity index (χ4v) is 4.87. The minimum absolute atomic E-state index is 0.105. The van der Waals surface area contributed by atoms with Crippen molar-refractivity contribution < 1.29 is 14.6 Å². The van der Waals surface area contributed by atoms with Crippen molar-refractivity contribution >= 4 is 17.6 Å². The first kappa shape index (κ1) is 18.3. The molecule has 1 aliphatic heterocycles. The molecule has 2 aromatic rings. The number of esters is 1. The van der Waals surface area contributed by atoms with Crippen LogP contribution in [0, 0.1) is 0 Å². The Bertz CT molecular complexity index is 895. The van der Waals surface area contributed by atoms with Gasteiger partial charge in [-0.1, -0.05) is 23.7 Å². The minimum atomic E-state index is -0.256. The average Bonchev–Trinajstić information content (AvgIpc) is 2.79. The lowest BCUT2D eigenvalue weighted by atomic mass is 9.73. The molecule has 1 aliphatic carbocycles. The molecule has 27 heavy (non-hydrogen) atoms. The summed E-state index contributed by atoms with van der Waals surface area (Å²) in [6.07, 6.45) is 2.71. The van der Waals surface area contributed by atoms with E-state index in [1.165, 1.54) is 5.56 Å². The van der Waals surface area contributed by atoms with Gasteiger partial charge in [-0.15, -0.1) is 0 Å². The van der Waals surface area contributed by atoms with Gasteiger partial charge in [-0.25, -0.2) is 4.79 Å². The third-order valence-electron chi connectivity index (χ3n) is 5.96. The second-order valence-electron chi connectivity index (χ2n) is 7.41. The molecule has 0 radical (unpaired) electrons. The van der Waals surface area contributed by atoms with Crippen LogP contribution in [-0.2, 0) is 17.6 Å². The number of halogens is 1. The van der Waals surface area contributed by atoms with Crippen molar-refractivity contribution in [2.45, 2.75) is 38.1 Å². The highest BCUT2D eigenvalue weighted by Crippen LogP contribution is 2.45. The number of phenols is 1. The Balaban J connectivity index is 1.90. The standard InChI is InChI=1S/C22H24ClNO3/c1-3-27-22(26)16-6-4-5-15-14(16)7-8-19-21(15)17-12-20(25)18(23)11-13(17)9-10-24(19)2/h4-6,11-12,19,21,25H,3,7-10H2,1-2H3. The van der Waals surface area contributed by atoms with Gasteiger partial charge in [0.1, 0.15) is 5.75 Å². The molecule has 142 valence electrons. The predicted molar refractivity (Wildman–Crippen MR) is 106 cm³/mol. The Labute approximate surface area is 164 Å². The molecule has 2 aromatic carbocycles. The van der Waals surface area contributed by atoms with Gasteiger partial charge in [0, 0.05) is 18.5 Å². The van der Waals surface area contributed by atoms with E-state index >= 15 is 0 Å². The van der Waals surface area contributed by atoms with Crippen LogP contribution in [0.5, 0.6) is 5.75 Å². The lowest BCUT2D eigenvalue weighted by Crippen LogP contribution is -2.40. The molecule has 5 heteroatoms. The molecule has 0 aromatic heterocycles. The molecule has 0 bridgehead atoms.